The first kappa shape index (κ1) is 15.5. The zero-order valence-electron chi connectivity index (χ0n) is 12.6. The van der Waals surface area contributed by atoms with E-state index in [1.54, 1.807) is 12.1 Å². The number of ether oxygens (including phenoxy) is 1. The van der Waals surface area contributed by atoms with Crippen LogP contribution in [0.5, 0.6) is 0 Å². The molecule has 1 aliphatic carbocycles. The molecule has 3 heteroatoms. The van der Waals surface area contributed by atoms with Crippen LogP contribution in [-0.4, -0.2) is 19.3 Å². The molecule has 1 saturated carbocycles. The van der Waals surface area contributed by atoms with Gasteiger partial charge < -0.3 is 10.1 Å². The van der Waals surface area contributed by atoms with E-state index in [9.17, 15) is 4.39 Å². The van der Waals surface area contributed by atoms with Gasteiger partial charge in [-0.2, -0.15) is 0 Å². The summed E-state index contributed by atoms with van der Waals surface area (Å²) >= 11 is 0. The zero-order valence-corrected chi connectivity index (χ0v) is 12.6. The van der Waals surface area contributed by atoms with Crippen LogP contribution in [0.4, 0.5) is 4.39 Å². The van der Waals surface area contributed by atoms with Crippen LogP contribution in [0.15, 0.2) is 24.3 Å². The highest BCUT2D eigenvalue weighted by Crippen LogP contribution is 2.41. The van der Waals surface area contributed by atoms with Crippen molar-refractivity contribution < 1.29 is 9.13 Å². The molecular formula is C17H26FNO. The van der Waals surface area contributed by atoms with Gasteiger partial charge in [0.05, 0.1) is 11.6 Å². The summed E-state index contributed by atoms with van der Waals surface area (Å²) < 4.78 is 19.1. The van der Waals surface area contributed by atoms with Gasteiger partial charge in [-0.05, 0) is 43.5 Å². The fourth-order valence-corrected chi connectivity index (χ4v) is 3.31. The van der Waals surface area contributed by atoms with E-state index in [0.717, 1.165) is 31.4 Å². The lowest BCUT2D eigenvalue weighted by molar-refractivity contribution is -0.0687. The second kappa shape index (κ2) is 7.19. The number of hydrogen-bond donors (Lipinski definition) is 1. The first-order chi connectivity index (χ1) is 9.72. The second-order valence-electron chi connectivity index (χ2n) is 5.77. The Morgan fingerprint density at radius 3 is 2.40 bits per heavy atom. The molecule has 0 aromatic heterocycles. The monoisotopic (exact) mass is 279 g/mol. The Bertz CT molecular complexity index is 398. The Kier molecular flexibility index (Phi) is 5.55. The Hall–Kier alpha value is -0.930. The van der Waals surface area contributed by atoms with Crippen molar-refractivity contribution in [1.82, 2.24) is 5.32 Å². The maximum absolute atomic E-state index is 13.2. The number of methoxy groups -OCH3 is 1. The van der Waals surface area contributed by atoms with Gasteiger partial charge in [0, 0.05) is 7.11 Å². The molecule has 0 aliphatic heterocycles. The maximum Gasteiger partial charge on any atom is 0.123 e. The minimum Gasteiger partial charge on any atom is -0.376 e. The van der Waals surface area contributed by atoms with E-state index in [1.165, 1.54) is 19.3 Å². The molecule has 1 aliphatic rings. The summed E-state index contributed by atoms with van der Waals surface area (Å²) in [4.78, 5) is 0. The molecule has 1 unspecified atom stereocenters. The standard InChI is InChI=1S/C17H26FNO/c1-3-13-19-16(14-7-9-15(18)10-8-14)17(20-2)11-5-4-6-12-17/h7-10,16,19H,3-6,11-13H2,1-2H3. The van der Waals surface area contributed by atoms with Crippen LogP contribution in [0.3, 0.4) is 0 Å². The van der Waals surface area contributed by atoms with Gasteiger partial charge in [0.15, 0.2) is 0 Å². The van der Waals surface area contributed by atoms with E-state index < -0.39 is 0 Å². The Morgan fingerprint density at radius 1 is 1.20 bits per heavy atom. The first-order valence-electron chi connectivity index (χ1n) is 7.76. The lowest BCUT2D eigenvalue weighted by atomic mass is 9.76. The van der Waals surface area contributed by atoms with Crippen molar-refractivity contribution in [2.75, 3.05) is 13.7 Å². The number of nitrogens with one attached hydrogen (secondary N) is 1. The van der Waals surface area contributed by atoms with Gasteiger partial charge >= 0.3 is 0 Å². The highest BCUT2D eigenvalue weighted by molar-refractivity contribution is 5.23. The fraction of sp³-hybridized carbons (Fsp3) is 0.647. The summed E-state index contributed by atoms with van der Waals surface area (Å²) in [5.74, 6) is -0.182. The molecular weight excluding hydrogens is 253 g/mol. The van der Waals surface area contributed by atoms with Gasteiger partial charge in [0.1, 0.15) is 5.82 Å². The van der Waals surface area contributed by atoms with Gasteiger partial charge in [-0.15, -0.1) is 0 Å². The van der Waals surface area contributed by atoms with Crippen molar-refractivity contribution in [3.8, 4) is 0 Å². The van der Waals surface area contributed by atoms with Crippen molar-refractivity contribution in [2.24, 2.45) is 0 Å². The maximum atomic E-state index is 13.2. The smallest absolute Gasteiger partial charge is 0.123 e. The van der Waals surface area contributed by atoms with Gasteiger partial charge in [0.25, 0.3) is 0 Å². The molecule has 1 aromatic carbocycles. The Labute approximate surface area is 121 Å². The molecule has 20 heavy (non-hydrogen) atoms. The molecule has 0 amide bonds. The predicted octanol–water partition coefficient (Wildman–Crippen LogP) is 4.22. The van der Waals surface area contributed by atoms with Crippen molar-refractivity contribution in [1.29, 1.82) is 0 Å². The summed E-state index contributed by atoms with van der Waals surface area (Å²) in [6, 6.07) is 7.01. The molecule has 112 valence electrons. The van der Waals surface area contributed by atoms with E-state index in [-0.39, 0.29) is 17.5 Å². The average molecular weight is 279 g/mol. The molecule has 1 N–H and O–H groups in total. The molecule has 1 atom stereocenters. The van der Waals surface area contributed by atoms with Crippen molar-refractivity contribution in [3.05, 3.63) is 35.6 Å². The van der Waals surface area contributed by atoms with E-state index >= 15 is 0 Å². The van der Waals surface area contributed by atoms with E-state index in [0.29, 0.717) is 0 Å². The van der Waals surface area contributed by atoms with Crippen molar-refractivity contribution >= 4 is 0 Å². The predicted molar refractivity (Wildman–Crippen MR) is 80.3 cm³/mol. The van der Waals surface area contributed by atoms with Crippen molar-refractivity contribution in [2.45, 2.75) is 57.1 Å². The van der Waals surface area contributed by atoms with Crippen LogP contribution in [-0.2, 0) is 4.74 Å². The number of rotatable bonds is 6. The molecule has 0 heterocycles. The minimum atomic E-state index is -0.182. The normalized spacial score (nSPS) is 19.8. The van der Waals surface area contributed by atoms with Crippen LogP contribution in [0.1, 0.15) is 57.1 Å². The molecule has 0 spiro atoms. The number of benzene rings is 1. The summed E-state index contributed by atoms with van der Waals surface area (Å²) in [6.45, 7) is 3.11. The molecule has 0 radical (unpaired) electrons. The van der Waals surface area contributed by atoms with E-state index in [2.05, 4.69) is 12.2 Å². The lowest BCUT2D eigenvalue weighted by Gasteiger charge is -2.43. The number of hydrogen-bond acceptors (Lipinski definition) is 2. The third-order valence-electron chi connectivity index (χ3n) is 4.43. The van der Waals surface area contributed by atoms with Crippen LogP contribution in [0, 0.1) is 5.82 Å². The quantitative estimate of drug-likeness (QED) is 0.842. The fourth-order valence-electron chi connectivity index (χ4n) is 3.31. The summed E-state index contributed by atoms with van der Waals surface area (Å²) in [5.41, 5.74) is 0.981. The van der Waals surface area contributed by atoms with E-state index in [1.807, 2.05) is 19.2 Å². The molecule has 0 saturated heterocycles. The average Bonchev–Trinajstić information content (AvgIpc) is 2.50. The molecule has 0 bridgehead atoms. The van der Waals surface area contributed by atoms with Gasteiger partial charge in [-0.25, -0.2) is 4.39 Å². The highest BCUT2D eigenvalue weighted by atomic mass is 19.1. The van der Waals surface area contributed by atoms with Gasteiger partial charge in [0.2, 0.25) is 0 Å². The second-order valence-corrected chi connectivity index (χ2v) is 5.77. The largest absolute Gasteiger partial charge is 0.376 e. The van der Waals surface area contributed by atoms with Crippen molar-refractivity contribution in [3.63, 3.8) is 0 Å². The Balaban J connectivity index is 2.27. The molecule has 1 fully saturated rings. The minimum absolute atomic E-state index is 0.147. The third-order valence-corrected chi connectivity index (χ3v) is 4.43. The topological polar surface area (TPSA) is 21.3 Å². The van der Waals surface area contributed by atoms with Gasteiger partial charge in [-0.1, -0.05) is 38.3 Å². The van der Waals surface area contributed by atoms with Crippen LogP contribution in [0.2, 0.25) is 0 Å². The summed E-state index contributed by atoms with van der Waals surface area (Å²) in [5, 5.41) is 3.62. The Morgan fingerprint density at radius 2 is 1.85 bits per heavy atom. The highest BCUT2D eigenvalue weighted by Gasteiger charge is 2.40. The van der Waals surface area contributed by atoms with Crippen LogP contribution < -0.4 is 5.32 Å². The van der Waals surface area contributed by atoms with Gasteiger partial charge in [-0.3, -0.25) is 0 Å². The van der Waals surface area contributed by atoms with Crippen LogP contribution in [0.25, 0.3) is 0 Å². The first-order valence-corrected chi connectivity index (χ1v) is 7.76. The third kappa shape index (κ3) is 3.39. The SMILES string of the molecule is CCCNC(c1ccc(F)cc1)C1(OC)CCCCC1. The van der Waals surface area contributed by atoms with Crippen LogP contribution >= 0.6 is 0 Å². The molecule has 2 rings (SSSR count). The zero-order chi connectivity index (χ0) is 14.4. The summed E-state index contributed by atoms with van der Waals surface area (Å²) in [6.07, 6.45) is 6.93. The number of halogens is 1. The molecule has 1 aromatic rings. The summed E-state index contributed by atoms with van der Waals surface area (Å²) in [7, 11) is 1.81. The van der Waals surface area contributed by atoms with E-state index in [4.69, 9.17) is 4.74 Å². The molecule has 2 nitrogen and oxygen atoms in total. The lowest BCUT2D eigenvalue weighted by Crippen LogP contribution is -2.47.